The van der Waals surface area contributed by atoms with Crippen molar-refractivity contribution >= 4 is 17.1 Å². The van der Waals surface area contributed by atoms with Gasteiger partial charge in [0.15, 0.2) is 0 Å². The normalized spacial score (nSPS) is 10.3. The molecule has 100 valence electrons. The molecule has 0 radical (unpaired) electrons. The molecule has 0 aliphatic heterocycles. The van der Waals surface area contributed by atoms with Gasteiger partial charge in [-0.15, -0.1) is 0 Å². The average Bonchev–Trinajstić information content (AvgIpc) is 2.39. The lowest BCUT2D eigenvalue weighted by atomic mass is 10.1. The van der Waals surface area contributed by atoms with E-state index in [1.54, 1.807) is 12.3 Å². The third-order valence-electron chi connectivity index (χ3n) is 2.54. The van der Waals surface area contributed by atoms with Crippen LogP contribution in [0.2, 0.25) is 0 Å². The lowest BCUT2D eigenvalue weighted by Gasteiger charge is -2.03. The van der Waals surface area contributed by atoms with Crippen LogP contribution in [-0.2, 0) is 4.74 Å². The van der Waals surface area contributed by atoms with E-state index in [0.29, 0.717) is 11.6 Å². The number of carbonyl (C=O) groups excluding carboxylic acids is 1. The highest BCUT2D eigenvalue weighted by molar-refractivity contribution is 8.13. The highest BCUT2D eigenvalue weighted by Crippen LogP contribution is 2.17. The zero-order valence-corrected chi connectivity index (χ0v) is 11.7. The molecule has 18 heavy (non-hydrogen) atoms. The molecule has 0 saturated heterocycles. The van der Waals surface area contributed by atoms with E-state index in [4.69, 9.17) is 4.74 Å². The summed E-state index contributed by atoms with van der Waals surface area (Å²) in [5, 5.41) is 0.424. The molecule has 4 heteroatoms. The van der Waals surface area contributed by atoms with Crippen LogP contribution in [0.4, 0.5) is 4.79 Å². The summed E-state index contributed by atoms with van der Waals surface area (Å²) in [6.07, 6.45) is 8.85. The van der Waals surface area contributed by atoms with Gasteiger partial charge in [0.05, 0.1) is 6.61 Å². The number of thioether (sulfide) groups is 1. The van der Waals surface area contributed by atoms with E-state index in [-0.39, 0.29) is 5.30 Å². The molecule has 1 rings (SSSR count). The molecular weight excluding hydrogens is 246 g/mol. The second-order valence-electron chi connectivity index (χ2n) is 4.14. The number of ether oxygens (including phenoxy) is 1. The van der Waals surface area contributed by atoms with Gasteiger partial charge in [-0.1, -0.05) is 45.1 Å². The number of aromatic nitrogens is 1. The van der Waals surface area contributed by atoms with Crippen molar-refractivity contribution in [1.82, 2.24) is 4.98 Å². The topological polar surface area (TPSA) is 39.2 Å². The molecule has 0 amide bonds. The number of hydrogen-bond acceptors (Lipinski definition) is 4. The van der Waals surface area contributed by atoms with Gasteiger partial charge in [0, 0.05) is 18.0 Å². The van der Waals surface area contributed by atoms with Crippen molar-refractivity contribution in [2.75, 3.05) is 6.61 Å². The summed E-state index contributed by atoms with van der Waals surface area (Å²) in [5.74, 6) is 0. The molecule has 0 saturated carbocycles. The second-order valence-corrected chi connectivity index (χ2v) is 5.09. The highest BCUT2D eigenvalue weighted by atomic mass is 32.2. The van der Waals surface area contributed by atoms with E-state index in [2.05, 4.69) is 11.9 Å². The molecule has 1 aromatic heterocycles. The van der Waals surface area contributed by atoms with Crippen molar-refractivity contribution in [1.29, 1.82) is 0 Å². The Hall–Kier alpha value is -1.03. The van der Waals surface area contributed by atoms with Crippen LogP contribution in [-0.4, -0.2) is 16.9 Å². The Balaban J connectivity index is 2.00. The van der Waals surface area contributed by atoms with E-state index < -0.39 is 0 Å². The third-order valence-corrected chi connectivity index (χ3v) is 3.28. The van der Waals surface area contributed by atoms with Crippen molar-refractivity contribution < 1.29 is 9.53 Å². The largest absolute Gasteiger partial charge is 0.457 e. The summed E-state index contributed by atoms with van der Waals surface area (Å²) < 4.78 is 5.14. The minimum atomic E-state index is -0.262. The Morgan fingerprint density at radius 2 is 2.00 bits per heavy atom. The van der Waals surface area contributed by atoms with Crippen LogP contribution in [0.15, 0.2) is 29.4 Å². The molecule has 0 N–H and O–H groups in total. The van der Waals surface area contributed by atoms with E-state index in [1.807, 2.05) is 12.1 Å². The summed E-state index contributed by atoms with van der Waals surface area (Å²) in [4.78, 5) is 15.5. The van der Waals surface area contributed by atoms with Gasteiger partial charge >= 0.3 is 5.30 Å². The summed E-state index contributed by atoms with van der Waals surface area (Å²) in [5.41, 5.74) is 0. The Bertz CT molecular complexity index is 330. The predicted octanol–water partition coefficient (Wildman–Crippen LogP) is 4.67. The summed E-state index contributed by atoms with van der Waals surface area (Å²) >= 11 is 1.04. The first kappa shape index (κ1) is 15.0. The molecule has 0 atom stereocenters. The zero-order valence-electron chi connectivity index (χ0n) is 10.9. The minimum absolute atomic E-state index is 0.262. The Kier molecular flexibility index (Phi) is 8.30. The number of hydrogen-bond donors (Lipinski definition) is 0. The number of nitrogens with zero attached hydrogens (tertiary/aromatic N) is 1. The molecular formula is C14H21NO2S. The maximum absolute atomic E-state index is 11.4. The standard InChI is InChI=1S/C14H21NO2S/c1-2-3-4-5-6-9-12-17-14(16)18-13-10-7-8-11-15-13/h7-8,10-11H,2-6,9,12H2,1H3. The summed E-state index contributed by atoms with van der Waals surface area (Å²) in [7, 11) is 0. The smallest absolute Gasteiger partial charge is 0.373 e. The fraction of sp³-hybridized carbons (Fsp3) is 0.571. The van der Waals surface area contributed by atoms with E-state index in [1.165, 1.54) is 25.7 Å². The van der Waals surface area contributed by atoms with Crippen LogP contribution in [0.3, 0.4) is 0 Å². The lowest BCUT2D eigenvalue weighted by molar-refractivity contribution is 0.172. The van der Waals surface area contributed by atoms with Gasteiger partial charge in [0.2, 0.25) is 0 Å². The molecule has 1 aromatic rings. The molecule has 0 aliphatic carbocycles. The molecule has 0 spiro atoms. The van der Waals surface area contributed by atoms with Crippen molar-refractivity contribution in [3.05, 3.63) is 24.4 Å². The van der Waals surface area contributed by atoms with Gasteiger partial charge < -0.3 is 4.74 Å². The van der Waals surface area contributed by atoms with Gasteiger partial charge in [-0.25, -0.2) is 9.78 Å². The van der Waals surface area contributed by atoms with Crippen molar-refractivity contribution in [2.45, 2.75) is 50.5 Å². The van der Waals surface area contributed by atoms with Gasteiger partial charge in [-0.2, -0.15) is 0 Å². The fourth-order valence-corrected chi connectivity index (χ4v) is 2.13. The summed E-state index contributed by atoms with van der Waals surface area (Å²) in [6.45, 7) is 2.72. The fourth-order valence-electron chi connectivity index (χ4n) is 1.56. The molecule has 1 heterocycles. The van der Waals surface area contributed by atoms with Gasteiger partial charge in [0.1, 0.15) is 5.03 Å². The number of rotatable bonds is 8. The summed E-state index contributed by atoms with van der Waals surface area (Å²) in [6, 6.07) is 5.48. The first-order valence-electron chi connectivity index (χ1n) is 6.58. The number of carbonyl (C=O) groups is 1. The van der Waals surface area contributed by atoms with Crippen LogP contribution in [0, 0.1) is 0 Å². The van der Waals surface area contributed by atoms with Gasteiger partial charge in [-0.05, 0) is 18.6 Å². The van der Waals surface area contributed by atoms with E-state index >= 15 is 0 Å². The Labute approximate surface area is 113 Å². The maximum atomic E-state index is 11.4. The SMILES string of the molecule is CCCCCCCCOC(=O)Sc1ccccn1. The Morgan fingerprint density at radius 3 is 2.72 bits per heavy atom. The first-order valence-corrected chi connectivity index (χ1v) is 7.40. The second kappa shape index (κ2) is 9.95. The zero-order chi connectivity index (χ0) is 13.1. The molecule has 0 bridgehead atoms. The Morgan fingerprint density at radius 1 is 1.22 bits per heavy atom. The third kappa shape index (κ3) is 7.33. The quantitative estimate of drug-likeness (QED) is 0.390. The van der Waals surface area contributed by atoms with Crippen LogP contribution in [0.1, 0.15) is 45.4 Å². The number of pyridine rings is 1. The lowest BCUT2D eigenvalue weighted by Crippen LogP contribution is -2.00. The molecule has 0 aromatic carbocycles. The molecule has 0 fully saturated rings. The monoisotopic (exact) mass is 267 g/mol. The molecule has 3 nitrogen and oxygen atoms in total. The van der Waals surface area contributed by atoms with Gasteiger partial charge in [0.25, 0.3) is 0 Å². The molecule has 0 aliphatic rings. The minimum Gasteiger partial charge on any atom is -0.457 e. The average molecular weight is 267 g/mol. The maximum Gasteiger partial charge on any atom is 0.373 e. The van der Waals surface area contributed by atoms with Crippen LogP contribution < -0.4 is 0 Å². The predicted molar refractivity (Wildman–Crippen MR) is 74.8 cm³/mol. The van der Waals surface area contributed by atoms with Crippen molar-refractivity contribution in [3.63, 3.8) is 0 Å². The van der Waals surface area contributed by atoms with Crippen molar-refractivity contribution in [3.8, 4) is 0 Å². The van der Waals surface area contributed by atoms with Crippen LogP contribution >= 0.6 is 11.8 Å². The highest BCUT2D eigenvalue weighted by Gasteiger charge is 2.05. The number of unbranched alkanes of at least 4 members (excludes halogenated alkanes) is 5. The van der Waals surface area contributed by atoms with E-state index in [9.17, 15) is 4.79 Å². The van der Waals surface area contributed by atoms with Crippen molar-refractivity contribution in [2.24, 2.45) is 0 Å². The van der Waals surface area contributed by atoms with Gasteiger partial charge in [-0.3, -0.25) is 0 Å². The molecule has 0 unspecified atom stereocenters. The first-order chi connectivity index (χ1) is 8.83. The van der Waals surface area contributed by atoms with E-state index in [0.717, 1.165) is 24.6 Å². The van der Waals surface area contributed by atoms with Crippen LogP contribution in [0.5, 0.6) is 0 Å². The van der Waals surface area contributed by atoms with Crippen LogP contribution in [0.25, 0.3) is 0 Å².